The van der Waals surface area contributed by atoms with E-state index in [4.69, 9.17) is 5.73 Å². The van der Waals surface area contributed by atoms with E-state index in [1.165, 1.54) is 35.2 Å². The van der Waals surface area contributed by atoms with Crippen molar-refractivity contribution in [2.24, 2.45) is 0 Å². The number of aromatic nitrogens is 5. The molecule has 80 heavy (non-hydrogen) atoms. The highest BCUT2D eigenvalue weighted by atomic mass is 79.9. The maximum absolute atomic E-state index is 10.7. The first-order chi connectivity index (χ1) is 36.8. The van der Waals surface area contributed by atoms with Gasteiger partial charge in [-0.15, -0.1) is 0 Å². The number of nitrogens with one attached hydrogen (secondary N) is 5. The van der Waals surface area contributed by atoms with Crippen LogP contribution in [0, 0.1) is 40.5 Å². The Kier molecular flexibility index (Phi) is 21.4. The van der Waals surface area contributed by atoms with Crippen LogP contribution in [0.25, 0.3) is 54.5 Å². The first-order valence-corrected chi connectivity index (χ1v) is 27.1. The zero-order chi connectivity index (χ0) is 60.3. The smallest absolute Gasteiger partial charge is 0.270 e. The number of alkyl halides is 2. The van der Waals surface area contributed by atoms with Gasteiger partial charge in [-0.05, 0) is 87.5 Å². The summed E-state index contributed by atoms with van der Waals surface area (Å²) in [5.74, 6) is 0. The fourth-order valence-electron chi connectivity index (χ4n) is 7.75. The van der Waals surface area contributed by atoms with Gasteiger partial charge in [0.25, 0.3) is 22.7 Å². The molecular weight excluding hydrogens is 1150 g/mol. The summed E-state index contributed by atoms with van der Waals surface area (Å²) in [5, 5.41) is 47.0. The average Bonchev–Trinajstić information content (AvgIpc) is 4.19. The van der Waals surface area contributed by atoms with Gasteiger partial charge < -0.3 is 30.7 Å². The van der Waals surface area contributed by atoms with Gasteiger partial charge in [-0.2, -0.15) is 0 Å². The molecule has 0 saturated heterocycles. The Morgan fingerprint density at radius 3 is 0.887 bits per heavy atom. The van der Waals surface area contributed by atoms with Crippen LogP contribution in [0.3, 0.4) is 0 Å². The lowest BCUT2D eigenvalue weighted by molar-refractivity contribution is -0.384. The van der Waals surface area contributed by atoms with Crippen LogP contribution in [0.1, 0.15) is 121 Å². The molecule has 0 aliphatic heterocycles. The average molecular weight is 1220 g/mol. The number of fused-ring (bicyclic) bond motifs is 5. The number of nitrogen functional groups attached to an aromatic ring is 1. The minimum atomic E-state index is -0.396. The Balaban J connectivity index is 0.000000207. The second kappa shape index (κ2) is 26.4. The molecule has 426 valence electrons. The summed E-state index contributed by atoms with van der Waals surface area (Å²) in [6.45, 7) is 31.8. The summed E-state index contributed by atoms with van der Waals surface area (Å²) in [6, 6.07) is 28.9. The minimum absolute atomic E-state index is 0.0204. The van der Waals surface area contributed by atoms with Crippen molar-refractivity contribution in [2.75, 3.05) is 5.73 Å². The number of anilines is 1. The first-order valence-electron chi connectivity index (χ1n) is 25.5. The maximum atomic E-state index is 10.7. The lowest BCUT2D eigenvalue weighted by Crippen LogP contribution is -2.09. The van der Waals surface area contributed by atoms with Crippen molar-refractivity contribution in [3.05, 3.63) is 191 Å². The molecule has 0 saturated carbocycles. The fourth-order valence-corrected chi connectivity index (χ4v) is 7.75. The maximum Gasteiger partial charge on any atom is 0.270 e. The van der Waals surface area contributed by atoms with Gasteiger partial charge in [-0.3, -0.25) is 40.5 Å². The van der Waals surface area contributed by atoms with Gasteiger partial charge in [0.15, 0.2) is 0 Å². The predicted molar refractivity (Wildman–Crippen MR) is 336 cm³/mol. The number of benzene rings is 5. The van der Waals surface area contributed by atoms with Crippen molar-refractivity contribution in [3.8, 4) is 0 Å². The van der Waals surface area contributed by atoms with E-state index >= 15 is 0 Å². The van der Waals surface area contributed by atoms with Crippen molar-refractivity contribution in [2.45, 2.75) is 129 Å². The molecule has 0 amide bonds. The van der Waals surface area contributed by atoms with E-state index < -0.39 is 9.85 Å². The van der Waals surface area contributed by atoms with Crippen molar-refractivity contribution < 1.29 is 19.7 Å². The summed E-state index contributed by atoms with van der Waals surface area (Å²) in [4.78, 5) is 56.1. The van der Waals surface area contributed by atoms with Crippen LogP contribution < -0.4 is 5.73 Å². The highest BCUT2D eigenvalue weighted by Gasteiger charge is 2.22. The second-order valence-corrected chi connectivity index (χ2v) is 28.5. The van der Waals surface area contributed by atoms with E-state index in [2.05, 4.69) is 167 Å². The highest BCUT2D eigenvalue weighted by Crippen LogP contribution is 2.34. The molecule has 0 unspecified atom stereocenters. The molecule has 0 fully saturated rings. The fraction of sp³-hybridized carbons (Fsp3) is 0.333. The number of halogens is 2. The summed E-state index contributed by atoms with van der Waals surface area (Å²) >= 11 is 6.75. The largest absolute Gasteiger partial charge is 0.399 e. The van der Waals surface area contributed by atoms with Crippen molar-refractivity contribution >= 4 is 115 Å². The first kappa shape index (κ1) is 64.7. The van der Waals surface area contributed by atoms with E-state index in [9.17, 15) is 40.5 Å². The van der Waals surface area contributed by atoms with Gasteiger partial charge in [0.2, 0.25) is 0 Å². The number of hydrogen-bond donors (Lipinski definition) is 6. The lowest BCUT2D eigenvalue weighted by atomic mass is 9.87. The van der Waals surface area contributed by atoms with Crippen LogP contribution in [-0.4, -0.2) is 53.3 Å². The molecule has 10 aromatic rings. The van der Waals surface area contributed by atoms with Gasteiger partial charge >= 0.3 is 0 Å². The van der Waals surface area contributed by atoms with Crippen molar-refractivity contribution in [1.82, 2.24) is 24.9 Å². The Morgan fingerprint density at radius 2 is 0.613 bits per heavy atom. The minimum Gasteiger partial charge on any atom is -0.399 e. The topological polar surface area (TPSA) is 278 Å². The number of aromatic amines is 5. The molecule has 5 aromatic carbocycles. The van der Waals surface area contributed by atoms with Gasteiger partial charge in [0, 0.05) is 148 Å². The number of hydrogen-bond acceptors (Lipinski definition) is 9. The van der Waals surface area contributed by atoms with Crippen LogP contribution in [0.2, 0.25) is 0 Å². The molecule has 0 aliphatic carbocycles. The quantitative estimate of drug-likeness (QED) is 0.0422. The van der Waals surface area contributed by atoms with Crippen LogP contribution in [0.5, 0.6) is 0 Å². The SMILES string of the molecule is CC(C)(C)Br.CC(C)(C)Br.CC(C)(C)c1c[nH]c2ccc(N)cc12.CC(C)(C)c1c[nH]c2ccc([N+](=O)[O-])cc12.CC(C)(C)c1c[nH]c2ccc([N+](=O)[O-])cc12.O=[N+]([O-])c1ccc2[nH]ccc2c1.O=[N+]([O-])c1ccc2[nH]ccc2c1. The third-order valence-corrected chi connectivity index (χ3v) is 11.4. The van der Waals surface area contributed by atoms with Gasteiger partial charge in [-0.1, -0.05) is 136 Å². The zero-order valence-electron chi connectivity index (χ0n) is 48.1. The molecule has 0 aliphatic rings. The molecule has 5 heterocycles. The normalized spacial score (nSPS) is 11.5. The Hall–Kier alpha value is -7.84. The Bertz CT molecular complexity index is 3510. The zero-order valence-corrected chi connectivity index (χ0v) is 51.3. The number of nitrogens with two attached hydrogens (primary N) is 1. The third-order valence-electron chi connectivity index (χ3n) is 11.4. The number of rotatable bonds is 4. The van der Waals surface area contributed by atoms with Gasteiger partial charge in [0.05, 0.1) is 19.7 Å². The molecule has 0 radical (unpaired) electrons. The number of H-pyrrole nitrogens is 5. The van der Waals surface area contributed by atoms with E-state index in [1.807, 2.05) is 42.7 Å². The second-order valence-electron chi connectivity index (χ2n) is 23.8. The summed E-state index contributed by atoms with van der Waals surface area (Å²) in [6.07, 6.45) is 9.44. The monoisotopic (exact) mass is 1220 g/mol. The summed E-state index contributed by atoms with van der Waals surface area (Å²) < 4.78 is 0.625. The molecule has 18 nitrogen and oxygen atoms in total. The molecular formula is C60H74Br2N10O8. The molecule has 0 bridgehead atoms. The number of nitro benzene ring substituents is 4. The summed E-state index contributed by atoms with van der Waals surface area (Å²) in [5.41, 5.74) is 15.6. The molecule has 10 rings (SSSR count). The van der Waals surface area contributed by atoms with E-state index in [0.717, 1.165) is 65.9 Å². The third kappa shape index (κ3) is 19.8. The van der Waals surface area contributed by atoms with Crippen LogP contribution in [0.15, 0.2) is 134 Å². The molecule has 0 atom stereocenters. The Labute approximate surface area is 482 Å². The van der Waals surface area contributed by atoms with Crippen molar-refractivity contribution in [3.63, 3.8) is 0 Å². The number of nitrogens with zero attached hydrogens (tertiary/aromatic N) is 4. The van der Waals surface area contributed by atoms with Gasteiger partial charge in [0.1, 0.15) is 0 Å². The molecule has 7 N–H and O–H groups in total. The number of non-ortho nitro benzene ring substituents is 4. The number of nitro groups is 4. The van der Waals surface area contributed by atoms with E-state index in [0.29, 0.717) is 8.65 Å². The van der Waals surface area contributed by atoms with Crippen LogP contribution >= 0.6 is 31.9 Å². The van der Waals surface area contributed by atoms with E-state index in [-0.39, 0.29) is 48.8 Å². The Morgan fingerprint density at radius 1 is 0.362 bits per heavy atom. The summed E-state index contributed by atoms with van der Waals surface area (Å²) in [7, 11) is 0. The molecule has 0 spiro atoms. The van der Waals surface area contributed by atoms with E-state index in [1.54, 1.807) is 60.9 Å². The van der Waals surface area contributed by atoms with Gasteiger partial charge in [-0.25, -0.2) is 0 Å². The molecule has 5 aromatic heterocycles. The van der Waals surface area contributed by atoms with Crippen molar-refractivity contribution in [1.29, 1.82) is 0 Å². The van der Waals surface area contributed by atoms with Crippen LogP contribution in [0.4, 0.5) is 28.4 Å². The lowest BCUT2D eigenvalue weighted by Gasteiger charge is -2.17. The standard InChI is InChI=1S/2C12H14N2O2.C12H16N2.2C8H6N2O2.2C4H9Br/c2*1-12(2,3)10-7-13-11-5-4-8(14(15)16)6-9(10)11;1-12(2,3)10-7-14-11-5-4-8(13)6-9(10)11;2*11-10(12)7-1-2-8-6(5-7)3-4-9-8;2*1-4(2,3)5/h2*4-7,13H,1-3H3;4-7,14H,13H2,1-3H3;2*1-5,9H;2*1-3H3. The van der Waals surface area contributed by atoms with Crippen LogP contribution in [-0.2, 0) is 16.2 Å². The highest BCUT2D eigenvalue weighted by molar-refractivity contribution is 9.10. The molecule has 20 heteroatoms. The predicted octanol–water partition coefficient (Wildman–Crippen LogP) is 18.3.